The summed E-state index contributed by atoms with van der Waals surface area (Å²) in [6.07, 6.45) is 1.83. The number of nitrogens with one attached hydrogen (secondary N) is 1. The van der Waals surface area contributed by atoms with Crippen molar-refractivity contribution in [1.82, 2.24) is 30.2 Å². The molecule has 0 aliphatic rings. The van der Waals surface area contributed by atoms with Crippen LogP contribution < -0.4 is 0 Å². The summed E-state index contributed by atoms with van der Waals surface area (Å²) in [5, 5.41) is 33.7. The highest BCUT2D eigenvalue weighted by Crippen LogP contribution is 2.31. The molecule has 5 rings (SSSR count). The number of carbonyl (C=O) groups is 2. The first-order valence-corrected chi connectivity index (χ1v) is 18.5. The molecule has 0 saturated heterocycles. The summed E-state index contributed by atoms with van der Waals surface area (Å²) < 4.78 is 7.43. The summed E-state index contributed by atoms with van der Waals surface area (Å²) in [6.45, 7) is 1.72. The maximum Gasteiger partial charge on any atom is 0.309 e. The quantitative estimate of drug-likeness (QED) is 0.0239. The first-order chi connectivity index (χ1) is 27.1. The summed E-state index contributed by atoms with van der Waals surface area (Å²) >= 11 is 6.71. The Kier molecular flexibility index (Phi) is 15.0. The summed E-state index contributed by atoms with van der Waals surface area (Å²) in [5.74, 6) is -0.674. The number of hydrogen-bond acceptors (Lipinski definition) is 13. The maximum atomic E-state index is 14.2. The van der Waals surface area contributed by atoms with E-state index in [2.05, 4.69) is 42.2 Å². The van der Waals surface area contributed by atoms with E-state index in [-0.39, 0.29) is 55.3 Å². The molecular weight excluding hydrogens is 748 g/mol. The number of nitrogens with zero attached hydrogens (tertiary/aromatic N) is 7. The maximum absolute atomic E-state index is 14.2. The second-order valence-corrected chi connectivity index (χ2v) is 13.3. The molecule has 0 aliphatic heterocycles. The van der Waals surface area contributed by atoms with Crippen molar-refractivity contribution in [3.8, 4) is 22.5 Å². The number of ketones is 1. The van der Waals surface area contributed by atoms with Gasteiger partial charge in [0.15, 0.2) is 10.9 Å². The lowest BCUT2D eigenvalue weighted by atomic mass is 9.93. The van der Waals surface area contributed by atoms with Gasteiger partial charge in [-0.25, -0.2) is 4.98 Å². The lowest BCUT2D eigenvalue weighted by Gasteiger charge is -2.18. The van der Waals surface area contributed by atoms with Crippen molar-refractivity contribution in [3.05, 3.63) is 127 Å². The second kappa shape index (κ2) is 20.5. The zero-order valence-corrected chi connectivity index (χ0v) is 31.4. The van der Waals surface area contributed by atoms with E-state index in [1.165, 1.54) is 0 Å². The molecule has 2 atom stereocenters. The third kappa shape index (κ3) is 11.6. The normalized spacial score (nSPS) is 12.1. The molecule has 2 heterocycles. The van der Waals surface area contributed by atoms with Crippen LogP contribution in [0.2, 0.25) is 5.15 Å². The number of aromatic nitrogens is 6. The van der Waals surface area contributed by atoms with Crippen LogP contribution in [0, 0.1) is 26.1 Å². The highest BCUT2D eigenvalue weighted by Gasteiger charge is 2.29. The molecule has 0 radical (unpaired) electrons. The number of hydrogen-bond donors (Lipinski definition) is 1. The van der Waals surface area contributed by atoms with Gasteiger partial charge in [0, 0.05) is 24.9 Å². The average molecular weight is 789 g/mol. The zero-order valence-electron chi connectivity index (χ0n) is 30.6. The van der Waals surface area contributed by atoms with Crippen LogP contribution in [0.5, 0.6) is 0 Å². The van der Waals surface area contributed by atoms with Gasteiger partial charge in [-0.2, -0.15) is 5.21 Å². The number of esters is 1. The summed E-state index contributed by atoms with van der Waals surface area (Å²) in [4.78, 5) is 62.3. The predicted octanol–water partition coefficient (Wildman–Crippen LogP) is 6.70. The van der Waals surface area contributed by atoms with Gasteiger partial charge in [-0.05, 0) is 59.6 Å². The van der Waals surface area contributed by atoms with Crippen molar-refractivity contribution in [1.29, 1.82) is 0 Å². The monoisotopic (exact) mass is 788 g/mol. The topological polar surface area (TPSA) is 220 Å². The molecule has 3 aromatic carbocycles. The van der Waals surface area contributed by atoms with E-state index in [1.807, 2.05) is 83.4 Å². The summed E-state index contributed by atoms with van der Waals surface area (Å²) in [6, 6.07) is 24.9. The minimum absolute atomic E-state index is 0.0466. The van der Waals surface area contributed by atoms with E-state index in [0.717, 1.165) is 40.7 Å². The number of ether oxygens (including phenoxy) is 1. The molecule has 0 amide bonds. The number of H-pyrrole nitrogens is 1. The van der Waals surface area contributed by atoms with Crippen molar-refractivity contribution in [2.24, 2.45) is 5.92 Å². The van der Waals surface area contributed by atoms with Crippen molar-refractivity contribution >= 4 is 23.4 Å². The second-order valence-electron chi connectivity index (χ2n) is 13.0. The molecule has 1 N–H and O–H groups in total. The van der Waals surface area contributed by atoms with Gasteiger partial charge in [-0.3, -0.25) is 9.59 Å². The van der Waals surface area contributed by atoms with Crippen LogP contribution in [0.15, 0.2) is 78.9 Å². The molecule has 18 heteroatoms. The third-order valence-corrected chi connectivity index (χ3v) is 9.26. The van der Waals surface area contributed by atoms with Gasteiger partial charge in [0.1, 0.15) is 24.2 Å². The Bertz CT molecular complexity index is 2060. The number of unbranched alkanes of at least 4 members (excludes halogenated alkanes) is 2. The molecule has 0 aliphatic carbocycles. The minimum Gasteiger partial charge on any atom is -0.465 e. The molecule has 5 aromatic rings. The Morgan fingerprint density at radius 1 is 0.911 bits per heavy atom. The molecule has 56 heavy (non-hydrogen) atoms. The number of aryl methyl sites for hydroxylation is 1. The Balaban J connectivity index is 1.31. The number of halogens is 1. The molecule has 0 bridgehead atoms. The van der Waals surface area contributed by atoms with Crippen LogP contribution in [0.1, 0.15) is 72.9 Å². The molecule has 0 saturated carbocycles. The smallest absolute Gasteiger partial charge is 0.309 e. The first kappa shape index (κ1) is 40.9. The SMILES string of the molecule is CCCCc1nc(Cl)c(C(=O)C[C@@H](Cc2ccccc2)C(=O)OCCCCC(CO[N+](=O)[O-])O[N+](=O)[O-])n1Cc1ccc(-c2ccccc2-c2nn[nH]n2)cc1. The van der Waals surface area contributed by atoms with Crippen molar-refractivity contribution in [2.45, 2.75) is 70.9 Å². The molecule has 0 fully saturated rings. The van der Waals surface area contributed by atoms with Crippen molar-refractivity contribution in [3.63, 3.8) is 0 Å². The molecular formula is C38H41ClN8O9. The van der Waals surface area contributed by atoms with Crippen LogP contribution in [0.3, 0.4) is 0 Å². The summed E-state index contributed by atoms with van der Waals surface area (Å²) in [7, 11) is 0. The van der Waals surface area contributed by atoms with Crippen molar-refractivity contribution < 1.29 is 34.2 Å². The lowest BCUT2D eigenvalue weighted by molar-refractivity contribution is -0.790. The lowest BCUT2D eigenvalue weighted by Crippen LogP contribution is -2.26. The fourth-order valence-corrected chi connectivity index (χ4v) is 6.57. The summed E-state index contributed by atoms with van der Waals surface area (Å²) in [5.41, 5.74) is 4.64. The standard InChI is InChI=1S/C38H41ClN8O9/c1-2-3-16-34-40-36(39)35(45(34)24-27-17-19-28(20-18-27)31-14-7-8-15-32(31)37-41-43-44-42-37)33(48)23-29(22-26-11-5-4-6-12-26)38(49)54-21-10-9-13-30(56-47(52)53)25-55-46(50)51/h4-8,11-12,14-15,17-20,29-30H,2-3,9-10,13,16,21-25H2,1H3,(H,41,42,43,44)/t29-,30?/m1/s1. The van der Waals surface area contributed by atoms with Gasteiger partial charge in [0.2, 0.25) is 5.82 Å². The zero-order chi connectivity index (χ0) is 39.9. The van der Waals surface area contributed by atoms with Gasteiger partial charge < -0.3 is 19.0 Å². The number of tetrazole rings is 1. The highest BCUT2D eigenvalue weighted by atomic mass is 35.5. The Morgan fingerprint density at radius 2 is 1.64 bits per heavy atom. The number of Topliss-reactive ketones (excluding diaryl/α,β-unsaturated/α-hetero) is 1. The number of aromatic amines is 1. The largest absolute Gasteiger partial charge is 0.465 e. The fraction of sp³-hybridized carbons (Fsp3) is 0.368. The Labute approximate surface area is 326 Å². The van der Waals surface area contributed by atoms with Gasteiger partial charge in [0.25, 0.3) is 10.2 Å². The number of imidazole rings is 1. The van der Waals surface area contributed by atoms with Gasteiger partial charge in [-0.1, -0.05) is 104 Å². The first-order valence-electron chi connectivity index (χ1n) is 18.1. The van der Waals surface area contributed by atoms with Crippen LogP contribution in [0.4, 0.5) is 0 Å². The number of rotatable bonds is 23. The van der Waals surface area contributed by atoms with Crippen molar-refractivity contribution in [2.75, 3.05) is 13.2 Å². The minimum atomic E-state index is -1.16. The average Bonchev–Trinajstić information content (AvgIpc) is 3.84. The third-order valence-electron chi connectivity index (χ3n) is 9.00. The van der Waals surface area contributed by atoms with E-state index in [0.29, 0.717) is 24.6 Å². The van der Waals surface area contributed by atoms with Gasteiger partial charge in [-0.15, -0.1) is 30.4 Å². The molecule has 0 spiro atoms. The molecule has 1 unspecified atom stereocenters. The number of carbonyl (C=O) groups excluding carboxylic acids is 2. The van der Waals surface area contributed by atoms with Crippen LogP contribution in [-0.2, 0) is 38.6 Å². The molecule has 294 valence electrons. The van der Waals surface area contributed by atoms with E-state index >= 15 is 0 Å². The molecule has 17 nitrogen and oxygen atoms in total. The van der Waals surface area contributed by atoms with Crippen LogP contribution >= 0.6 is 11.6 Å². The van der Waals surface area contributed by atoms with Crippen LogP contribution in [0.25, 0.3) is 22.5 Å². The fourth-order valence-electron chi connectivity index (χ4n) is 6.26. The van der Waals surface area contributed by atoms with E-state index in [1.54, 1.807) is 0 Å². The van der Waals surface area contributed by atoms with E-state index in [4.69, 9.17) is 16.3 Å². The number of benzene rings is 3. The Morgan fingerprint density at radius 3 is 2.32 bits per heavy atom. The van der Waals surface area contributed by atoms with Gasteiger partial charge >= 0.3 is 5.97 Å². The van der Waals surface area contributed by atoms with E-state index in [9.17, 15) is 29.8 Å². The van der Waals surface area contributed by atoms with E-state index < -0.39 is 34.8 Å². The molecule has 2 aromatic heterocycles. The van der Waals surface area contributed by atoms with Gasteiger partial charge in [0.05, 0.1) is 12.5 Å². The Hall–Kier alpha value is -6.23. The predicted molar refractivity (Wildman–Crippen MR) is 202 cm³/mol. The highest BCUT2D eigenvalue weighted by molar-refractivity contribution is 6.32. The van der Waals surface area contributed by atoms with Crippen LogP contribution in [-0.4, -0.2) is 71.4 Å².